The van der Waals surface area contributed by atoms with Crippen LogP contribution < -0.4 is 0 Å². The fourth-order valence-electron chi connectivity index (χ4n) is 2.03. The monoisotopic (exact) mass is 170 g/mol. The van der Waals surface area contributed by atoms with Crippen LogP contribution in [0.15, 0.2) is 12.2 Å². The average Bonchev–Trinajstić information content (AvgIpc) is 2.02. The van der Waals surface area contributed by atoms with Crippen LogP contribution in [0.25, 0.3) is 0 Å². The van der Waals surface area contributed by atoms with Crippen LogP contribution in [-0.4, -0.2) is 23.4 Å². The minimum Gasteiger partial charge on any atom is -0.396 e. The molecule has 0 aromatic carbocycles. The SMILES string of the molecule is CC1(C)C=CC[C@H](CO)[C@@H]1CO. The Morgan fingerprint density at radius 1 is 1.33 bits per heavy atom. The second-order valence-electron chi connectivity index (χ2n) is 4.19. The topological polar surface area (TPSA) is 40.5 Å². The largest absolute Gasteiger partial charge is 0.396 e. The lowest BCUT2D eigenvalue weighted by Gasteiger charge is -2.38. The fraction of sp³-hybridized carbons (Fsp3) is 0.800. The zero-order chi connectivity index (χ0) is 9.19. The van der Waals surface area contributed by atoms with Gasteiger partial charge in [-0.15, -0.1) is 0 Å². The highest BCUT2D eigenvalue weighted by Gasteiger charge is 2.34. The molecular weight excluding hydrogens is 152 g/mol. The van der Waals surface area contributed by atoms with Crippen molar-refractivity contribution in [3.05, 3.63) is 12.2 Å². The Morgan fingerprint density at radius 2 is 2.00 bits per heavy atom. The third-order valence-electron chi connectivity index (χ3n) is 2.94. The lowest BCUT2D eigenvalue weighted by molar-refractivity contribution is 0.0546. The van der Waals surface area contributed by atoms with Crippen molar-refractivity contribution in [1.29, 1.82) is 0 Å². The van der Waals surface area contributed by atoms with Crippen LogP contribution in [-0.2, 0) is 0 Å². The second kappa shape index (κ2) is 3.58. The minimum atomic E-state index is 0.0282. The Labute approximate surface area is 73.9 Å². The summed E-state index contributed by atoms with van der Waals surface area (Å²) >= 11 is 0. The predicted octanol–water partition coefficient (Wildman–Crippen LogP) is 1.19. The van der Waals surface area contributed by atoms with E-state index in [1.807, 2.05) is 0 Å². The van der Waals surface area contributed by atoms with Gasteiger partial charge in [0, 0.05) is 13.2 Å². The summed E-state index contributed by atoms with van der Waals surface area (Å²) in [6.07, 6.45) is 5.14. The maximum Gasteiger partial charge on any atom is 0.0470 e. The number of allylic oxidation sites excluding steroid dienone is 2. The Morgan fingerprint density at radius 3 is 2.42 bits per heavy atom. The summed E-state index contributed by atoms with van der Waals surface area (Å²) in [4.78, 5) is 0. The molecule has 0 amide bonds. The zero-order valence-electron chi connectivity index (χ0n) is 7.83. The second-order valence-corrected chi connectivity index (χ2v) is 4.19. The van der Waals surface area contributed by atoms with E-state index in [0.29, 0.717) is 0 Å². The maximum absolute atomic E-state index is 9.18. The molecular formula is C10H18O2. The number of rotatable bonds is 2. The van der Waals surface area contributed by atoms with Crippen molar-refractivity contribution in [2.24, 2.45) is 17.3 Å². The van der Waals surface area contributed by atoms with Gasteiger partial charge in [0.25, 0.3) is 0 Å². The van der Waals surface area contributed by atoms with E-state index in [4.69, 9.17) is 5.11 Å². The predicted molar refractivity (Wildman–Crippen MR) is 48.7 cm³/mol. The molecule has 0 spiro atoms. The molecule has 1 aliphatic rings. The van der Waals surface area contributed by atoms with E-state index in [-0.39, 0.29) is 30.5 Å². The van der Waals surface area contributed by atoms with E-state index in [2.05, 4.69) is 26.0 Å². The van der Waals surface area contributed by atoms with Gasteiger partial charge in [0.1, 0.15) is 0 Å². The van der Waals surface area contributed by atoms with Crippen LogP contribution in [0.4, 0.5) is 0 Å². The van der Waals surface area contributed by atoms with Gasteiger partial charge >= 0.3 is 0 Å². The van der Waals surface area contributed by atoms with Crippen LogP contribution >= 0.6 is 0 Å². The fourth-order valence-corrected chi connectivity index (χ4v) is 2.03. The third-order valence-corrected chi connectivity index (χ3v) is 2.94. The summed E-state index contributed by atoms with van der Waals surface area (Å²) in [5, 5.41) is 18.3. The summed E-state index contributed by atoms with van der Waals surface area (Å²) in [6, 6.07) is 0. The lowest BCUT2D eigenvalue weighted by Crippen LogP contribution is -2.36. The third kappa shape index (κ3) is 1.70. The zero-order valence-corrected chi connectivity index (χ0v) is 7.83. The quantitative estimate of drug-likeness (QED) is 0.611. The van der Waals surface area contributed by atoms with Gasteiger partial charge < -0.3 is 10.2 Å². The molecule has 2 heteroatoms. The maximum atomic E-state index is 9.18. The van der Waals surface area contributed by atoms with Crippen molar-refractivity contribution in [3.8, 4) is 0 Å². The highest BCUT2D eigenvalue weighted by Crippen LogP contribution is 2.39. The lowest BCUT2D eigenvalue weighted by atomic mass is 9.68. The van der Waals surface area contributed by atoms with Crippen molar-refractivity contribution >= 4 is 0 Å². The van der Waals surface area contributed by atoms with Crippen LogP contribution in [0.5, 0.6) is 0 Å². The number of hydrogen-bond acceptors (Lipinski definition) is 2. The molecule has 0 bridgehead atoms. The molecule has 0 aromatic heterocycles. The number of hydrogen-bond donors (Lipinski definition) is 2. The van der Waals surface area contributed by atoms with Gasteiger partial charge in [0.15, 0.2) is 0 Å². The molecule has 2 nitrogen and oxygen atoms in total. The molecule has 0 fully saturated rings. The summed E-state index contributed by atoms with van der Waals surface area (Å²) < 4.78 is 0. The van der Waals surface area contributed by atoms with E-state index in [1.54, 1.807) is 0 Å². The standard InChI is InChI=1S/C10H18O2/c1-10(2)5-3-4-8(6-11)9(10)7-12/h3,5,8-9,11-12H,4,6-7H2,1-2H3/t8-,9+/m1/s1. The molecule has 2 atom stereocenters. The molecule has 12 heavy (non-hydrogen) atoms. The molecule has 0 saturated heterocycles. The van der Waals surface area contributed by atoms with Gasteiger partial charge in [-0.3, -0.25) is 0 Å². The van der Waals surface area contributed by atoms with E-state index < -0.39 is 0 Å². The highest BCUT2D eigenvalue weighted by molar-refractivity contribution is 5.05. The molecule has 0 radical (unpaired) electrons. The Kier molecular flexibility index (Phi) is 2.91. The molecule has 0 saturated carbocycles. The van der Waals surface area contributed by atoms with Crippen molar-refractivity contribution in [3.63, 3.8) is 0 Å². The highest BCUT2D eigenvalue weighted by atomic mass is 16.3. The molecule has 0 aromatic rings. The van der Waals surface area contributed by atoms with Crippen LogP contribution in [0, 0.1) is 17.3 Å². The first-order valence-corrected chi connectivity index (χ1v) is 4.51. The van der Waals surface area contributed by atoms with Gasteiger partial charge in [0.2, 0.25) is 0 Å². The number of aliphatic hydroxyl groups excluding tert-OH is 2. The Hall–Kier alpha value is -0.340. The van der Waals surface area contributed by atoms with Crippen molar-refractivity contribution < 1.29 is 10.2 Å². The molecule has 1 aliphatic carbocycles. The normalized spacial score (nSPS) is 33.7. The van der Waals surface area contributed by atoms with E-state index in [0.717, 1.165) is 6.42 Å². The van der Waals surface area contributed by atoms with Crippen molar-refractivity contribution in [2.45, 2.75) is 20.3 Å². The molecule has 1 rings (SSSR count). The van der Waals surface area contributed by atoms with Gasteiger partial charge in [-0.2, -0.15) is 0 Å². The molecule has 0 unspecified atom stereocenters. The van der Waals surface area contributed by atoms with Gasteiger partial charge in [-0.05, 0) is 23.7 Å². The molecule has 0 aliphatic heterocycles. The minimum absolute atomic E-state index is 0.0282. The number of aliphatic hydroxyl groups is 2. The van der Waals surface area contributed by atoms with Gasteiger partial charge in [-0.25, -0.2) is 0 Å². The van der Waals surface area contributed by atoms with E-state index in [1.165, 1.54) is 0 Å². The van der Waals surface area contributed by atoms with Gasteiger partial charge in [0.05, 0.1) is 0 Å². The summed E-state index contributed by atoms with van der Waals surface area (Å²) in [5.74, 6) is 0.433. The van der Waals surface area contributed by atoms with Crippen LogP contribution in [0.1, 0.15) is 20.3 Å². The molecule has 0 heterocycles. The van der Waals surface area contributed by atoms with E-state index >= 15 is 0 Å². The first kappa shape index (κ1) is 9.75. The van der Waals surface area contributed by atoms with Crippen molar-refractivity contribution in [1.82, 2.24) is 0 Å². The van der Waals surface area contributed by atoms with Gasteiger partial charge in [-0.1, -0.05) is 26.0 Å². The average molecular weight is 170 g/mol. The molecule has 2 N–H and O–H groups in total. The summed E-state index contributed by atoms with van der Waals surface area (Å²) in [6.45, 7) is 4.56. The molecule has 70 valence electrons. The Bertz CT molecular complexity index is 173. The van der Waals surface area contributed by atoms with Crippen molar-refractivity contribution in [2.75, 3.05) is 13.2 Å². The first-order chi connectivity index (χ1) is 5.61. The van der Waals surface area contributed by atoms with Crippen LogP contribution in [0.2, 0.25) is 0 Å². The first-order valence-electron chi connectivity index (χ1n) is 4.51. The summed E-state index contributed by atoms with van der Waals surface area (Å²) in [7, 11) is 0. The van der Waals surface area contributed by atoms with E-state index in [9.17, 15) is 5.11 Å². The van der Waals surface area contributed by atoms with Crippen LogP contribution in [0.3, 0.4) is 0 Å². The Balaban J connectivity index is 2.78. The summed E-state index contributed by atoms with van der Waals surface area (Å²) in [5.41, 5.74) is 0.0282. The smallest absolute Gasteiger partial charge is 0.0470 e.